The van der Waals surface area contributed by atoms with Gasteiger partial charge in [-0.25, -0.2) is 13.2 Å². The first-order valence-corrected chi connectivity index (χ1v) is 6.90. The Balaban J connectivity index is 2.60. The lowest BCUT2D eigenvalue weighted by Gasteiger charge is -2.19. The predicted molar refractivity (Wildman–Crippen MR) is 73.6 cm³/mol. The van der Waals surface area contributed by atoms with Crippen molar-refractivity contribution >= 4 is 0 Å². The van der Waals surface area contributed by atoms with Crippen molar-refractivity contribution in [2.45, 2.75) is 39.2 Å². The first kappa shape index (κ1) is 17.0. The van der Waals surface area contributed by atoms with Gasteiger partial charge in [0.15, 0.2) is 0 Å². The van der Waals surface area contributed by atoms with Crippen LogP contribution in [0.5, 0.6) is 0 Å². The topological polar surface area (TPSA) is 21.3 Å². The van der Waals surface area contributed by atoms with Crippen LogP contribution >= 0.6 is 0 Å². The highest BCUT2D eigenvalue weighted by Gasteiger charge is 2.13. The fourth-order valence-corrected chi connectivity index (χ4v) is 1.90. The minimum atomic E-state index is -2.45. The van der Waals surface area contributed by atoms with Gasteiger partial charge in [0.2, 0.25) is 0 Å². The van der Waals surface area contributed by atoms with Crippen molar-refractivity contribution in [1.29, 1.82) is 0 Å². The third-order valence-electron chi connectivity index (χ3n) is 3.03. The predicted octanol–water partition coefficient (Wildman–Crippen LogP) is 3.85. The van der Waals surface area contributed by atoms with Gasteiger partial charge in [0.1, 0.15) is 12.4 Å². The summed E-state index contributed by atoms with van der Waals surface area (Å²) in [5.41, 5.74) is 1.42. The fraction of sp³-hybridized carbons (Fsp3) is 0.600. The molecule has 1 aromatic carbocycles. The summed E-state index contributed by atoms with van der Waals surface area (Å²) in [5, 5.41) is 3.29. The molecule has 0 aromatic heterocycles. The third-order valence-corrected chi connectivity index (χ3v) is 3.03. The number of aryl methyl sites for hydroxylation is 1. The van der Waals surface area contributed by atoms with Crippen molar-refractivity contribution in [2.75, 3.05) is 19.8 Å². The van der Waals surface area contributed by atoms with E-state index >= 15 is 0 Å². The van der Waals surface area contributed by atoms with Gasteiger partial charge in [-0.15, -0.1) is 0 Å². The lowest BCUT2D eigenvalue weighted by molar-refractivity contribution is 0.0143. The molecule has 1 unspecified atom stereocenters. The van der Waals surface area contributed by atoms with Crippen molar-refractivity contribution in [3.63, 3.8) is 0 Å². The number of nitrogens with one attached hydrogen (secondary N) is 1. The van der Waals surface area contributed by atoms with Crippen LogP contribution in [-0.4, -0.2) is 26.2 Å². The van der Waals surface area contributed by atoms with Gasteiger partial charge in [0, 0.05) is 12.6 Å². The van der Waals surface area contributed by atoms with E-state index in [1.165, 1.54) is 6.07 Å². The molecule has 1 atom stereocenters. The van der Waals surface area contributed by atoms with Crippen LogP contribution in [0, 0.1) is 12.7 Å². The molecule has 5 heteroatoms. The molecule has 0 aliphatic heterocycles. The van der Waals surface area contributed by atoms with E-state index in [1.807, 2.05) is 13.0 Å². The fourth-order valence-electron chi connectivity index (χ4n) is 1.90. The van der Waals surface area contributed by atoms with Gasteiger partial charge < -0.3 is 10.1 Å². The molecular formula is C15H22F3NO. The van der Waals surface area contributed by atoms with Crippen LogP contribution in [0.3, 0.4) is 0 Å². The third kappa shape index (κ3) is 5.92. The summed E-state index contributed by atoms with van der Waals surface area (Å²) in [6.07, 6.45) is -0.966. The molecule has 0 bridgehead atoms. The van der Waals surface area contributed by atoms with Crippen molar-refractivity contribution in [3.05, 3.63) is 35.1 Å². The normalized spacial score (nSPS) is 12.9. The van der Waals surface area contributed by atoms with Crippen molar-refractivity contribution in [2.24, 2.45) is 0 Å². The Morgan fingerprint density at radius 2 is 2.05 bits per heavy atom. The highest BCUT2D eigenvalue weighted by Crippen LogP contribution is 2.20. The summed E-state index contributed by atoms with van der Waals surface area (Å²) in [6.45, 7) is 4.20. The van der Waals surface area contributed by atoms with Crippen LogP contribution in [0.4, 0.5) is 13.2 Å². The lowest BCUT2D eigenvalue weighted by atomic mass is 10.0. The highest BCUT2D eigenvalue weighted by molar-refractivity contribution is 5.25. The Hall–Kier alpha value is -1.07. The quantitative estimate of drug-likeness (QED) is 0.697. The van der Waals surface area contributed by atoms with E-state index in [0.29, 0.717) is 12.0 Å². The van der Waals surface area contributed by atoms with Crippen molar-refractivity contribution in [1.82, 2.24) is 5.32 Å². The second-order valence-electron chi connectivity index (χ2n) is 4.77. The van der Waals surface area contributed by atoms with Crippen LogP contribution in [0.1, 0.15) is 36.9 Å². The molecule has 1 N–H and O–H groups in total. The van der Waals surface area contributed by atoms with E-state index in [-0.39, 0.29) is 18.5 Å². The Kier molecular flexibility index (Phi) is 7.62. The molecule has 0 saturated heterocycles. The van der Waals surface area contributed by atoms with Crippen molar-refractivity contribution in [3.8, 4) is 0 Å². The van der Waals surface area contributed by atoms with E-state index in [1.54, 1.807) is 13.0 Å². The number of halogens is 3. The molecule has 20 heavy (non-hydrogen) atoms. The maximum atomic E-state index is 13.6. The molecule has 0 saturated carbocycles. The maximum absolute atomic E-state index is 13.6. The number of alkyl halides is 2. The highest BCUT2D eigenvalue weighted by atomic mass is 19.3. The molecule has 2 nitrogen and oxygen atoms in total. The summed E-state index contributed by atoms with van der Waals surface area (Å²) in [7, 11) is 0. The SMILES string of the molecule is CCCNC(CCOCC(F)F)c1ccc(C)c(F)c1. The summed E-state index contributed by atoms with van der Waals surface area (Å²) < 4.78 is 42.5. The summed E-state index contributed by atoms with van der Waals surface area (Å²) in [4.78, 5) is 0. The van der Waals surface area contributed by atoms with E-state index in [9.17, 15) is 13.2 Å². The Morgan fingerprint density at radius 1 is 1.30 bits per heavy atom. The van der Waals surface area contributed by atoms with E-state index in [2.05, 4.69) is 5.32 Å². The number of hydrogen-bond acceptors (Lipinski definition) is 2. The van der Waals surface area contributed by atoms with Crippen LogP contribution in [0.2, 0.25) is 0 Å². The second-order valence-corrected chi connectivity index (χ2v) is 4.77. The average Bonchev–Trinajstić information content (AvgIpc) is 2.41. The van der Waals surface area contributed by atoms with Crippen LogP contribution in [0.15, 0.2) is 18.2 Å². The lowest BCUT2D eigenvalue weighted by Crippen LogP contribution is -2.24. The molecule has 0 heterocycles. The minimum absolute atomic E-state index is 0.0808. The summed E-state index contributed by atoms with van der Waals surface area (Å²) in [6, 6.07) is 5.00. The summed E-state index contributed by atoms with van der Waals surface area (Å²) in [5.74, 6) is -0.251. The van der Waals surface area contributed by atoms with Crippen LogP contribution in [-0.2, 0) is 4.74 Å². The molecule has 1 rings (SSSR count). The van der Waals surface area contributed by atoms with E-state index in [4.69, 9.17) is 4.74 Å². The average molecular weight is 289 g/mol. The molecular weight excluding hydrogens is 267 g/mol. The molecule has 0 radical (unpaired) electrons. The Bertz CT molecular complexity index is 399. The van der Waals surface area contributed by atoms with Gasteiger partial charge in [0.05, 0.1) is 0 Å². The van der Waals surface area contributed by atoms with Gasteiger partial charge >= 0.3 is 0 Å². The molecule has 0 aliphatic carbocycles. The number of ether oxygens (including phenoxy) is 1. The standard InChI is InChI=1S/C15H22F3NO/c1-3-7-19-14(6-8-20-10-15(17)18)12-5-4-11(2)13(16)9-12/h4-5,9,14-15,19H,3,6-8,10H2,1-2H3. The number of benzene rings is 1. The van der Waals surface area contributed by atoms with Gasteiger partial charge in [0.25, 0.3) is 6.43 Å². The summed E-state index contributed by atoms with van der Waals surface area (Å²) >= 11 is 0. The van der Waals surface area contributed by atoms with Gasteiger partial charge in [-0.3, -0.25) is 0 Å². The smallest absolute Gasteiger partial charge is 0.261 e. The van der Waals surface area contributed by atoms with Crippen molar-refractivity contribution < 1.29 is 17.9 Å². The van der Waals surface area contributed by atoms with Crippen LogP contribution < -0.4 is 5.32 Å². The first-order chi connectivity index (χ1) is 9.54. The van der Waals surface area contributed by atoms with Gasteiger partial charge in [-0.05, 0) is 43.5 Å². The maximum Gasteiger partial charge on any atom is 0.261 e. The zero-order valence-corrected chi connectivity index (χ0v) is 12.0. The van der Waals surface area contributed by atoms with E-state index < -0.39 is 13.0 Å². The zero-order valence-electron chi connectivity index (χ0n) is 12.0. The molecule has 0 fully saturated rings. The first-order valence-electron chi connectivity index (χ1n) is 6.90. The van der Waals surface area contributed by atoms with Crippen LogP contribution in [0.25, 0.3) is 0 Å². The second kappa shape index (κ2) is 8.97. The molecule has 0 amide bonds. The number of rotatable bonds is 9. The largest absolute Gasteiger partial charge is 0.375 e. The molecule has 0 spiro atoms. The zero-order chi connectivity index (χ0) is 15.0. The minimum Gasteiger partial charge on any atom is -0.375 e. The molecule has 114 valence electrons. The van der Waals surface area contributed by atoms with Gasteiger partial charge in [-0.1, -0.05) is 19.1 Å². The molecule has 0 aliphatic rings. The van der Waals surface area contributed by atoms with E-state index in [0.717, 1.165) is 18.5 Å². The Morgan fingerprint density at radius 3 is 2.65 bits per heavy atom. The monoisotopic (exact) mass is 289 g/mol. The molecule has 1 aromatic rings. The van der Waals surface area contributed by atoms with Gasteiger partial charge in [-0.2, -0.15) is 0 Å². The Labute approximate surface area is 118 Å². The number of hydrogen-bond donors (Lipinski definition) is 1.